The van der Waals surface area contributed by atoms with Crippen molar-refractivity contribution in [2.75, 3.05) is 11.9 Å². The highest BCUT2D eigenvalue weighted by Gasteiger charge is 2.25. The number of hydroxylamine groups is 1. The van der Waals surface area contributed by atoms with Gasteiger partial charge in [0.15, 0.2) is 0 Å². The van der Waals surface area contributed by atoms with Gasteiger partial charge in [0.2, 0.25) is 5.91 Å². The number of rotatable bonds is 8. The maximum atomic E-state index is 12.4. The fraction of sp³-hybridized carbons (Fsp3) is 0.393. The molecule has 0 aromatic heterocycles. The molecule has 9 nitrogen and oxygen atoms in total. The zero-order chi connectivity index (χ0) is 26.6. The number of hydrogen-bond donors (Lipinski definition) is 6. The topological polar surface area (TPSA) is 140 Å². The van der Waals surface area contributed by atoms with Crippen molar-refractivity contribution in [2.24, 2.45) is 0 Å². The summed E-state index contributed by atoms with van der Waals surface area (Å²) in [7, 11) is 0. The number of hydrogen-bond acceptors (Lipinski definition) is 6. The second-order valence-electron chi connectivity index (χ2n) is 9.19. The Hall–Kier alpha value is -3.71. The van der Waals surface area contributed by atoms with E-state index in [9.17, 15) is 19.5 Å². The first-order chi connectivity index (χ1) is 17.9. The Kier molecular flexibility index (Phi) is 10.6. The number of aliphatic hydroxyl groups is 1. The predicted molar refractivity (Wildman–Crippen MR) is 140 cm³/mol. The van der Waals surface area contributed by atoms with Crippen LogP contribution in [0, 0.1) is 11.8 Å². The molecule has 0 heterocycles. The number of carbonyl (C=O) groups is 3. The van der Waals surface area contributed by atoms with Gasteiger partial charge >= 0.3 is 0 Å². The van der Waals surface area contributed by atoms with Gasteiger partial charge in [-0.15, -0.1) is 0 Å². The summed E-state index contributed by atoms with van der Waals surface area (Å²) in [5.41, 5.74) is 3.85. The summed E-state index contributed by atoms with van der Waals surface area (Å²) < 4.78 is 0. The Bertz CT molecular complexity index is 1110. The maximum Gasteiger partial charge on any atom is 0.268 e. The van der Waals surface area contributed by atoms with Crippen molar-refractivity contribution < 1.29 is 24.7 Å². The van der Waals surface area contributed by atoms with Gasteiger partial charge < -0.3 is 21.1 Å². The summed E-state index contributed by atoms with van der Waals surface area (Å²) in [5.74, 6) is 4.51. The number of aliphatic hydroxyl groups excluding tert-OH is 1. The van der Waals surface area contributed by atoms with E-state index in [0.29, 0.717) is 23.8 Å². The van der Waals surface area contributed by atoms with E-state index >= 15 is 0 Å². The van der Waals surface area contributed by atoms with E-state index in [1.54, 1.807) is 24.3 Å². The number of nitrogens with one attached hydrogen (secondary N) is 4. The third-order valence-corrected chi connectivity index (χ3v) is 6.24. The van der Waals surface area contributed by atoms with Crippen LogP contribution in [-0.2, 0) is 9.59 Å². The highest BCUT2D eigenvalue weighted by molar-refractivity contribution is 5.97. The zero-order valence-electron chi connectivity index (χ0n) is 20.9. The van der Waals surface area contributed by atoms with E-state index in [1.165, 1.54) is 38.1 Å². The van der Waals surface area contributed by atoms with Crippen LogP contribution in [0.4, 0.5) is 5.69 Å². The molecule has 2 aromatic carbocycles. The first-order valence-corrected chi connectivity index (χ1v) is 12.5. The molecule has 0 saturated heterocycles. The van der Waals surface area contributed by atoms with E-state index in [0.717, 1.165) is 18.4 Å². The molecule has 2 atom stereocenters. The van der Waals surface area contributed by atoms with Crippen LogP contribution in [0.3, 0.4) is 0 Å². The molecule has 0 bridgehead atoms. The number of amides is 3. The molecule has 1 saturated carbocycles. The molecule has 3 amide bonds. The Morgan fingerprint density at radius 3 is 2.03 bits per heavy atom. The average molecular weight is 507 g/mol. The summed E-state index contributed by atoms with van der Waals surface area (Å²) in [6, 6.07) is 12.8. The molecular weight excluding hydrogens is 472 g/mol. The fourth-order valence-electron chi connectivity index (χ4n) is 4.11. The van der Waals surface area contributed by atoms with Crippen molar-refractivity contribution in [1.29, 1.82) is 0 Å². The fourth-order valence-corrected chi connectivity index (χ4v) is 4.11. The first kappa shape index (κ1) is 27.9. The van der Waals surface area contributed by atoms with Gasteiger partial charge in [-0.25, -0.2) is 5.48 Å². The lowest BCUT2D eigenvalue weighted by Gasteiger charge is -2.19. The van der Waals surface area contributed by atoms with Crippen LogP contribution >= 0.6 is 0 Å². The molecule has 1 fully saturated rings. The maximum absolute atomic E-state index is 12.4. The van der Waals surface area contributed by atoms with Crippen LogP contribution in [0.2, 0.25) is 0 Å². The van der Waals surface area contributed by atoms with Gasteiger partial charge in [-0.3, -0.25) is 19.6 Å². The van der Waals surface area contributed by atoms with Crippen molar-refractivity contribution in [3.8, 4) is 11.8 Å². The molecule has 9 heteroatoms. The van der Waals surface area contributed by atoms with E-state index in [4.69, 9.17) is 5.21 Å². The molecule has 37 heavy (non-hydrogen) atoms. The van der Waals surface area contributed by atoms with Gasteiger partial charge in [0.1, 0.15) is 6.04 Å². The van der Waals surface area contributed by atoms with Gasteiger partial charge in [0, 0.05) is 28.4 Å². The Labute approximate surface area is 217 Å². The zero-order valence-corrected chi connectivity index (χ0v) is 20.9. The van der Waals surface area contributed by atoms with Crippen molar-refractivity contribution >= 4 is 23.4 Å². The van der Waals surface area contributed by atoms with Gasteiger partial charge in [0.25, 0.3) is 11.8 Å². The third kappa shape index (κ3) is 9.03. The van der Waals surface area contributed by atoms with E-state index in [1.807, 2.05) is 24.3 Å². The molecule has 2 unspecified atom stereocenters. The quantitative estimate of drug-likeness (QED) is 0.141. The minimum absolute atomic E-state index is 0.0658. The summed E-state index contributed by atoms with van der Waals surface area (Å²) >= 11 is 0. The molecule has 6 N–H and O–H groups in total. The minimum Gasteiger partial charge on any atom is -0.391 e. The summed E-state index contributed by atoms with van der Waals surface area (Å²) in [6.45, 7) is 1.63. The molecule has 3 rings (SSSR count). The van der Waals surface area contributed by atoms with Gasteiger partial charge in [-0.2, -0.15) is 0 Å². The van der Waals surface area contributed by atoms with E-state index in [2.05, 4.69) is 27.8 Å². The van der Waals surface area contributed by atoms with Crippen LogP contribution in [0.5, 0.6) is 0 Å². The summed E-state index contributed by atoms with van der Waals surface area (Å²) in [6.07, 6.45) is 6.06. The van der Waals surface area contributed by atoms with E-state index < -0.39 is 24.0 Å². The minimum atomic E-state index is -1.29. The third-order valence-electron chi connectivity index (χ3n) is 6.24. The lowest BCUT2D eigenvalue weighted by atomic mass is 10.1. The lowest BCUT2D eigenvalue weighted by molar-refractivity contribution is -0.133. The molecule has 1 aliphatic rings. The van der Waals surface area contributed by atoms with E-state index in [-0.39, 0.29) is 11.5 Å². The normalized spacial score (nSPS) is 15.3. The highest BCUT2D eigenvalue weighted by atomic mass is 16.5. The molecule has 2 aromatic rings. The number of benzene rings is 2. The van der Waals surface area contributed by atoms with Crippen LogP contribution in [-0.4, -0.2) is 52.8 Å². The van der Waals surface area contributed by atoms with Gasteiger partial charge in [-0.05, 0) is 68.3 Å². The molecule has 0 radical (unpaired) electrons. The average Bonchev–Trinajstić information content (AvgIpc) is 3.18. The number of anilines is 1. The standard InChI is InChI=1S/C28H34N4O5/c1-19(33)26(28(36)32-37)31-27(35)22-14-10-20(11-15-22)8-9-21-12-16-24(17-13-21)30-25(34)18-29-23-6-4-2-3-5-7-23/h10-17,19,23,26,29,33,37H,2-7,18H2,1H3,(H,30,34)(H,31,35)(H,32,36). The second-order valence-corrected chi connectivity index (χ2v) is 9.19. The molecule has 0 aliphatic heterocycles. The molecule has 1 aliphatic carbocycles. The molecular formula is C28H34N4O5. The van der Waals surface area contributed by atoms with Crippen LogP contribution in [0.25, 0.3) is 0 Å². The highest BCUT2D eigenvalue weighted by Crippen LogP contribution is 2.17. The van der Waals surface area contributed by atoms with Crippen molar-refractivity contribution in [2.45, 2.75) is 63.6 Å². The Morgan fingerprint density at radius 1 is 0.919 bits per heavy atom. The first-order valence-electron chi connectivity index (χ1n) is 12.5. The monoisotopic (exact) mass is 506 g/mol. The SMILES string of the molecule is CC(O)C(NC(=O)c1ccc(C#Cc2ccc(NC(=O)CNC3CCCCCC3)cc2)cc1)C(=O)NO. The van der Waals surface area contributed by atoms with Crippen LogP contribution < -0.4 is 21.4 Å². The largest absolute Gasteiger partial charge is 0.391 e. The van der Waals surface area contributed by atoms with Crippen molar-refractivity contribution in [3.63, 3.8) is 0 Å². The summed E-state index contributed by atoms with van der Waals surface area (Å²) in [5, 5.41) is 27.0. The second kappa shape index (κ2) is 14.1. The predicted octanol–water partition coefficient (Wildman–Crippen LogP) is 2.32. The van der Waals surface area contributed by atoms with Crippen LogP contribution in [0.15, 0.2) is 48.5 Å². The lowest BCUT2D eigenvalue weighted by Crippen LogP contribution is -2.51. The van der Waals surface area contributed by atoms with Crippen molar-refractivity contribution in [1.82, 2.24) is 16.1 Å². The van der Waals surface area contributed by atoms with Gasteiger partial charge in [-0.1, -0.05) is 37.5 Å². The molecule has 0 spiro atoms. The Morgan fingerprint density at radius 2 is 1.49 bits per heavy atom. The van der Waals surface area contributed by atoms with Gasteiger partial charge in [0.05, 0.1) is 12.6 Å². The molecule has 196 valence electrons. The number of carbonyl (C=O) groups excluding carboxylic acids is 3. The summed E-state index contributed by atoms with van der Waals surface area (Å²) in [4.78, 5) is 36.2. The smallest absolute Gasteiger partial charge is 0.268 e. The Balaban J connectivity index is 1.50. The van der Waals surface area contributed by atoms with Crippen LogP contribution in [0.1, 0.15) is 66.9 Å². The van der Waals surface area contributed by atoms with Crippen molar-refractivity contribution in [3.05, 3.63) is 65.2 Å².